The lowest BCUT2D eigenvalue weighted by atomic mass is 10.1. The number of carbonyl (C=O) groups excluding carboxylic acids is 1. The van der Waals surface area contributed by atoms with Crippen molar-refractivity contribution in [2.45, 2.75) is 44.2 Å². The van der Waals surface area contributed by atoms with Crippen molar-refractivity contribution in [1.82, 2.24) is 4.98 Å². The number of hydrogen-bond donors (Lipinski definition) is 1. The van der Waals surface area contributed by atoms with Crippen molar-refractivity contribution in [3.63, 3.8) is 0 Å². The van der Waals surface area contributed by atoms with Crippen LogP contribution in [-0.4, -0.2) is 25.1 Å². The Morgan fingerprint density at radius 2 is 1.86 bits per heavy atom. The molecule has 3 rings (SSSR count). The Bertz CT molecular complexity index is 1350. The molecule has 2 aromatic carbocycles. The Labute approximate surface area is 215 Å². The molecule has 0 saturated heterocycles. The van der Waals surface area contributed by atoms with Gasteiger partial charge in [0.15, 0.2) is 5.82 Å². The van der Waals surface area contributed by atoms with E-state index >= 15 is 4.39 Å². The second kappa shape index (κ2) is 10.3. The summed E-state index contributed by atoms with van der Waals surface area (Å²) in [5.74, 6) is -1.99. The lowest BCUT2D eigenvalue weighted by Crippen LogP contribution is -2.41. The van der Waals surface area contributed by atoms with Gasteiger partial charge in [-0.25, -0.2) is 27.0 Å². The van der Waals surface area contributed by atoms with Crippen LogP contribution in [0.15, 0.2) is 46.1 Å². The maximum Gasteiger partial charge on any atom is 0.430 e. The van der Waals surface area contributed by atoms with Crippen LogP contribution in [0.1, 0.15) is 39.3 Å². The zero-order valence-corrected chi connectivity index (χ0v) is 22.1. The Balaban J connectivity index is 2.00. The average Bonchev–Trinajstić information content (AvgIpc) is 3.24. The van der Waals surface area contributed by atoms with Crippen molar-refractivity contribution in [1.29, 1.82) is 0 Å². The van der Waals surface area contributed by atoms with Gasteiger partial charge in [-0.2, -0.15) is 0 Å². The van der Waals surface area contributed by atoms with E-state index in [0.717, 1.165) is 23.5 Å². The number of hydrogen-bond acceptors (Lipinski definition) is 7. The molecule has 0 aliphatic carbocycles. The molecule has 0 fully saturated rings. The van der Waals surface area contributed by atoms with Crippen LogP contribution in [0.25, 0.3) is 0 Å². The van der Waals surface area contributed by atoms with Crippen LogP contribution in [-0.2, 0) is 14.8 Å². The van der Waals surface area contributed by atoms with Crippen LogP contribution < -0.4 is 9.62 Å². The zero-order chi connectivity index (χ0) is 26.1. The van der Waals surface area contributed by atoms with Crippen molar-refractivity contribution < 1.29 is 26.7 Å². The van der Waals surface area contributed by atoms with Gasteiger partial charge in [0.2, 0.25) is 0 Å². The molecule has 13 heteroatoms. The number of benzene rings is 2. The number of anilines is 2. The molecule has 0 aliphatic heterocycles. The first-order chi connectivity index (χ1) is 16.2. The molecule has 1 aromatic heterocycles. The highest BCUT2D eigenvalue weighted by Crippen LogP contribution is 2.34. The predicted molar refractivity (Wildman–Crippen MR) is 133 cm³/mol. The molecule has 7 nitrogen and oxygen atoms in total. The van der Waals surface area contributed by atoms with E-state index < -0.39 is 44.3 Å². The summed E-state index contributed by atoms with van der Waals surface area (Å²) in [6.45, 7) is 6.26. The Morgan fingerprint density at radius 3 is 2.46 bits per heavy atom. The number of amides is 1. The van der Waals surface area contributed by atoms with Crippen molar-refractivity contribution in [3.05, 3.63) is 68.5 Å². The van der Waals surface area contributed by atoms with Gasteiger partial charge in [0.25, 0.3) is 10.0 Å². The molecule has 1 heterocycles. The van der Waals surface area contributed by atoms with Crippen LogP contribution >= 0.6 is 34.5 Å². The van der Waals surface area contributed by atoms with E-state index in [1.807, 2.05) is 0 Å². The van der Waals surface area contributed by atoms with E-state index in [1.54, 1.807) is 27.7 Å². The maximum absolute atomic E-state index is 15.2. The SMILES string of the molecule is C[C@H](Nc1cc(F)c(S(=O)(=O)N(C(=O)OC(C)(C)C)c2cscn2)cc1Cl)c1cc(Cl)ccc1F. The minimum Gasteiger partial charge on any atom is -0.443 e. The number of ether oxygens (including phenoxy) is 1. The number of nitrogens with one attached hydrogen (secondary N) is 1. The summed E-state index contributed by atoms with van der Waals surface area (Å²) in [6, 6.07) is 5.00. The van der Waals surface area contributed by atoms with E-state index in [0.29, 0.717) is 5.02 Å². The van der Waals surface area contributed by atoms with Crippen LogP contribution in [0.5, 0.6) is 0 Å². The quantitative estimate of drug-likeness (QED) is 0.346. The van der Waals surface area contributed by atoms with Crippen LogP contribution in [0.4, 0.5) is 25.1 Å². The third-order valence-corrected chi connectivity index (χ3v) is 7.33. The van der Waals surface area contributed by atoms with Gasteiger partial charge in [-0.05, 0) is 58.0 Å². The van der Waals surface area contributed by atoms with E-state index in [2.05, 4.69) is 10.3 Å². The number of sulfonamides is 1. The smallest absolute Gasteiger partial charge is 0.430 e. The first kappa shape index (κ1) is 27.1. The van der Waals surface area contributed by atoms with Gasteiger partial charge in [-0.1, -0.05) is 23.2 Å². The van der Waals surface area contributed by atoms with Crippen molar-refractivity contribution in [2.24, 2.45) is 0 Å². The molecule has 3 aromatic rings. The predicted octanol–water partition coefficient (Wildman–Crippen LogP) is 7.03. The molecular formula is C22H21Cl2F2N3O4S2. The second-order valence-corrected chi connectivity index (χ2v) is 11.7. The Hall–Kier alpha value is -2.47. The third-order valence-electron chi connectivity index (χ3n) is 4.52. The average molecular weight is 564 g/mol. The zero-order valence-electron chi connectivity index (χ0n) is 19.0. The number of rotatable bonds is 6. The molecule has 0 unspecified atom stereocenters. The van der Waals surface area contributed by atoms with Gasteiger partial charge < -0.3 is 10.1 Å². The summed E-state index contributed by atoms with van der Waals surface area (Å²) in [5.41, 5.74) is 0.490. The van der Waals surface area contributed by atoms with Crippen LogP contribution in [0.2, 0.25) is 10.0 Å². The molecule has 0 bridgehead atoms. The summed E-state index contributed by atoms with van der Waals surface area (Å²) in [6.07, 6.45) is -1.26. The lowest BCUT2D eigenvalue weighted by molar-refractivity contribution is 0.0608. The van der Waals surface area contributed by atoms with E-state index in [-0.39, 0.29) is 26.4 Å². The van der Waals surface area contributed by atoms with Gasteiger partial charge in [-0.15, -0.1) is 15.6 Å². The molecule has 0 radical (unpaired) electrons. The molecule has 35 heavy (non-hydrogen) atoms. The number of halogens is 4. The summed E-state index contributed by atoms with van der Waals surface area (Å²) < 4.78 is 61.6. The van der Waals surface area contributed by atoms with E-state index in [4.69, 9.17) is 27.9 Å². The fraction of sp³-hybridized carbons (Fsp3) is 0.273. The molecule has 0 saturated carbocycles. The molecule has 0 spiro atoms. The van der Waals surface area contributed by atoms with Gasteiger partial charge >= 0.3 is 6.09 Å². The van der Waals surface area contributed by atoms with E-state index in [9.17, 15) is 17.6 Å². The van der Waals surface area contributed by atoms with Crippen LogP contribution in [0.3, 0.4) is 0 Å². The van der Waals surface area contributed by atoms with E-state index in [1.165, 1.54) is 29.1 Å². The van der Waals surface area contributed by atoms with Crippen molar-refractivity contribution >= 4 is 62.2 Å². The summed E-state index contributed by atoms with van der Waals surface area (Å²) in [4.78, 5) is 15.8. The standard InChI is InChI=1S/C22H21Cl2F2N3O4S2/c1-12(14-7-13(23)5-6-16(14)25)28-18-9-17(26)19(8-15(18)24)35(31,32)29(20-10-34-11-27-20)21(30)33-22(2,3)4/h5-12,28H,1-4H3/t12-/m0/s1. The molecule has 1 N–H and O–H groups in total. The Morgan fingerprint density at radius 1 is 1.17 bits per heavy atom. The highest BCUT2D eigenvalue weighted by Gasteiger charge is 2.38. The highest BCUT2D eigenvalue weighted by atomic mass is 35.5. The second-order valence-electron chi connectivity index (χ2n) is 8.39. The molecule has 1 amide bonds. The van der Waals surface area contributed by atoms with Gasteiger partial charge in [0, 0.05) is 16.0 Å². The Kier molecular flexibility index (Phi) is 7.95. The summed E-state index contributed by atoms with van der Waals surface area (Å²) >= 11 is 13.2. The first-order valence-electron chi connectivity index (χ1n) is 10.1. The minimum atomic E-state index is -4.82. The molecular weight excluding hydrogens is 543 g/mol. The highest BCUT2D eigenvalue weighted by molar-refractivity contribution is 7.93. The number of thiazole rings is 1. The first-order valence-corrected chi connectivity index (χ1v) is 13.2. The monoisotopic (exact) mass is 563 g/mol. The summed E-state index contributed by atoms with van der Waals surface area (Å²) in [5, 5.41) is 4.27. The largest absolute Gasteiger partial charge is 0.443 e. The fourth-order valence-corrected chi connectivity index (χ4v) is 5.41. The van der Waals surface area contributed by atoms with Crippen LogP contribution in [0, 0.1) is 11.6 Å². The van der Waals surface area contributed by atoms with Gasteiger partial charge in [0.1, 0.15) is 22.1 Å². The number of carbonyl (C=O) groups is 1. The van der Waals surface area contributed by atoms with Crippen molar-refractivity contribution in [3.8, 4) is 0 Å². The number of aromatic nitrogens is 1. The third kappa shape index (κ3) is 6.21. The lowest BCUT2D eigenvalue weighted by Gasteiger charge is -2.26. The topological polar surface area (TPSA) is 88.6 Å². The summed E-state index contributed by atoms with van der Waals surface area (Å²) in [7, 11) is -4.82. The molecule has 188 valence electrons. The van der Waals surface area contributed by atoms with Gasteiger partial charge in [0.05, 0.1) is 22.3 Å². The maximum atomic E-state index is 15.2. The fourth-order valence-electron chi connectivity index (χ4n) is 3.02. The minimum absolute atomic E-state index is 0.00692. The number of nitrogens with zero attached hydrogens (tertiary/aromatic N) is 2. The molecule has 0 aliphatic rings. The normalized spacial score (nSPS) is 12.8. The van der Waals surface area contributed by atoms with Crippen molar-refractivity contribution in [2.75, 3.05) is 9.62 Å². The van der Waals surface area contributed by atoms with Gasteiger partial charge in [-0.3, -0.25) is 0 Å². The molecule has 1 atom stereocenters.